The topological polar surface area (TPSA) is 76.2 Å². The Bertz CT molecular complexity index is 1010. The number of benzene rings is 1. The maximum absolute atomic E-state index is 13.1. The van der Waals surface area contributed by atoms with Crippen LogP contribution in [0, 0.1) is 18.8 Å². The van der Waals surface area contributed by atoms with Gasteiger partial charge in [-0.2, -0.15) is 0 Å². The Morgan fingerprint density at radius 2 is 1.69 bits per heavy atom. The van der Waals surface area contributed by atoms with Crippen molar-refractivity contribution in [3.05, 3.63) is 45.7 Å². The Kier molecular flexibility index (Phi) is 5.53. The minimum Gasteiger partial charge on any atom is -0.457 e. The van der Waals surface area contributed by atoms with E-state index in [1.54, 1.807) is 11.8 Å². The molecule has 0 spiro atoms. The van der Waals surface area contributed by atoms with Crippen LogP contribution in [-0.4, -0.2) is 60.4 Å². The average Bonchev–Trinajstić information content (AvgIpc) is 3.46. The second-order valence-corrected chi connectivity index (χ2v) is 9.41. The van der Waals surface area contributed by atoms with Crippen molar-refractivity contribution >= 4 is 17.8 Å². The summed E-state index contributed by atoms with van der Waals surface area (Å²) in [6, 6.07) is 3.96. The monoisotopic (exact) mass is 438 g/mol. The quantitative estimate of drug-likeness (QED) is 0.658. The zero-order valence-corrected chi connectivity index (χ0v) is 18.8. The summed E-state index contributed by atoms with van der Waals surface area (Å²) in [5.41, 5.74) is 5.54. The highest BCUT2D eigenvalue weighted by Crippen LogP contribution is 2.36. The molecule has 0 saturated carbocycles. The molecule has 170 valence electrons. The van der Waals surface area contributed by atoms with Crippen LogP contribution in [0.3, 0.4) is 0 Å². The number of amides is 1. The molecule has 1 unspecified atom stereocenters. The van der Waals surface area contributed by atoms with Crippen molar-refractivity contribution in [1.82, 2.24) is 9.80 Å². The van der Waals surface area contributed by atoms with Gasteiger partial charge < -0.3 is 19.3 Å². The van der Waals surface area contributed by atoms with Crippen LogP contribution >= 0.6 is 0 Å². The number of carbonyl (C=O) groups is 3. The number of cyclic esters (lactones) is 2. The van der Waals surface area contributed by atoms with Gasteiger partial charge in [-0.3, -0.25) is 4.79 Å². The van der Waals surface area contributed by atoms with E-state index < -0.39 is 0 Å². The first-order valence-corrected chi connectivity index (χ1v) is 11.6. The normalized spacial score (nSPS) is 24.4. The number of rotatable bonds is 5. The van der Waals surface area contributed by atoms with Crippen molar-refractivity contribution in [3.8, 4) is 0 Å². The number of ether oxygens (including phenoxy) is 2. The molecule has 4 aliphatic rings. The Morgan fingerprint density at radius 3 is 2.41 bits per heavy atom. The van der Waals surface area contributed by atoms with Gasteiger partial charge in [-0.25, -0.2) is 9.59 Å². The third-order valence-corrected chi connectivity index (χ3v) is 7.83. The molecule has 5 rings (SSSR count). The largest absolute Gasteiger partial charge is 0.457 e. The predicted octanol–water partition coefficient (Wildman–Crippen LogP) is 2.60. The third-order valence-electron chi connectivity index (χ3n) is 7.83. The molecule has 0 radical (unpaired) electrons. The summed E-state index contributed by atoms with van der Waals surface area (Å²) in [4.78, 5) is 40.8. The number of hydrogen-bond donors (Lipinski definition) is 0. The van der Waals surface area contributed by atoms with E-state index in [2.05, 4.69) is 17.9 Å². The highest BCUT2D eigenvalue weighted by molar-refractivity contribution is 5.94. The number of hydrogen-bond acceptors (Lipinski definition) is 6. The number of nitrogens with zero attached hydrogens (tertiary/aromatic N) is 2. The lowest BCUT2D eigenvalue weighted by Crippen LogP contribution is -2.39. The standard InChI is InChI=1S/C25H30N2O5/c1-15-17(3-4-20-21(15)13-31-25(20)30)5-9-26-10-6-18(7-11-26)19-8-12-27(23(19)28)22-14-32-24(29)16(22)2/h3-4,18-19H,5-14H2,1-2H3. The molecule has 32 heavy (non-hydrogen) atoms. The Hall–Kier alpha value is -2.67. The van der Waals surface area contributed by atoms with Crippen molar-refractivity contribution in [2.45, 2.75) is 46.1 Å². The Morgan fingerprint density at radius 1 is 0.938 bits per heavy atom. The van der Waals surface area contributed by atoms with E-state index in [-0.39, 0.29) is 30.4 Å². The van der Waals surface area contributed by atoms with E-state index in [4.69, 9.17) is 9.47 Å². The summed E-state index contributed by atoms with van der Waals surface area (Å²) in [5.74, 6) is 0.122. The van der Waals surface area contributed by atoms with Gasteiger partial charge >= 0.3 is 11.9 Å². The van der Waals surface area contributed by atoms with Crippen molar-refractivity contribution in [1.29, 1.82) is 0 Å². The van der Waals surface area contributed by atoms with Gasteiger partial charge in [-0.05, 0) is 75.7 Å². The van der Waals surface area contributed by atoms with Crippen LogP contribution in [0.5, 0.6) is 0 Å². The smallest absolute Gasteiger partial charge is 0.338 e. The molecule has 0 N–H and O–H groups in total. The number of piperidine rings is 1. The van der Waals surface area contributed by atoms with Crippen molar-refractivity contribution in [2.75, 3.05) is 32.8 Å². The second kappa shape index (κ2) is 8.35. The lowest BCUT2D eigenvalue weighted by molar-refractivity contribution is -0.136. The highest BCUT2D eigenvalue weighted by atomic mass is 16.5. The van der Waals surface area contributed by atoms with E-state index in [1.165, 1.54) is 11.1 Å². The van der Waals surface area contributed by atoms with Crippen molar-refractivity contribution < 1.29 is 23.9 Å². The number of fused-ring (bicyclic) bond motifs is 1. The summed E-state index contributed by atoms with van der Waals surface area (Å²) >= 11 is 0. The molecule has 0 bridgehead atoms. The van der Waals surface area contributed by atoms with E-state index in [0.29, 0.717) is 30.2 Å². The minimum absolute atomic E-state index is 0.0599. The maximum atomic E-state index is 13.1. The number of esters is 2. The lowest BCUT2D eigenvalue weighted by atomic mass is 9.83. The van der Waals surface area contributed by atoms with Gasteiger partial charge in [0.25, 0.3) is 0 Å². The molecule has 7 heteroatoms. The lowest BCUT2D eigenvalue weighted by Gasteiger charge is -2.34. The van der Waals surface area contributed by atoms with Crippen molar-refractivity contribution in [2.24, 2.45) is 11.8 Å². The van der Waals surface area contributed by atoms with Crippen LogP contribution in [0.1, 0.15) is 53.2 Å². The fraction of sp³-hybridized carbons (Fsp3) is 0.560. The zero-order chi connectivity index (χ0) is 22.4. The predicted molar refractivity (Wildman–Crippen MR) is 117 cm³/mol. The molecule has 7 nitrogen and oxygen atoms in total. The Labute approximate surface area is 188 Å². The van der Waals surface area contributed by atoms with E-state index >= 15 is 0 Å². The number of carbonyl (C=O) groups excluding carboxylic acids is 3. The summed E-state index contributed by atoms with van der Waals surface area (Å²) < 4.78 is 10.3. The van der Waals surface area contributed by atoms with Crippen LogP contribution in [-0.2, 0) is 32.1 Å². The molecule has 1 aromatic rings. The minimum atomic E-state index is -0.303. The molecule has 2 fully saturated rings. The molecule has 2 saturated heterocycles. The second-order valence-electron chi connectivity index (χ2n) is 9.41. The first-order valence-electron chi connectivity index (χ1n) is 11.6. The van der Waals surface area contributed by atoms with Crippen LogP contribution in [0.2, 0.25) is 0 Å². The number of likely N-dealkylation sites (tertiary alicyclic amines) is 2. The SMILES string of the molecule is CC1=C(N2CCC(C3CCN(CCc4ccc5c(c4C)COC5=O)CC3)C2=O)COC1=O. The first kappa shape index (κ1) is 21.2. The van der Waals surface area contributed by atoms with Gasteiger partial charge in [-0.15, -0.1) is 0 Å². The van der Waals surface area contributed by atoms with Gasteiger partial charge in [0, 0.05) is 24.6 Å². The van der Waals surface area contributed by atoms with Gasteiger partial charge in [-0.1, -0.05) is 6.07 Å². The molecule has 1 aromatic carbocycles. The van der Waals surface area contributed by atoms with Crippen LogP contribution < -0.4 is 0 Å². The van der Waals surface area contributed by atoms with Gasteiger partial charge in [0.1, 0.15) is 13.2 Å². The van der Waals surface area contributed by atoms with E-state index in [0.717, 1.165) is 56.6 Å². The average molecular weight is 439 g/mol. The molecule has 0 aromatic heterocycles. The summed E-state index contributed by atoms with van der Waals surface area (Å²) in [7, 11) is 0. The van der Waals surface area contributed by atoms with Crippen LogP contribution in [0.15, 0.2) is 23.4 Å². The van der Waals surface area contributed by atoms with Gasteiger partial charge in [0.15, 0.2) is 0 Å². The molecular weight excluding hydrogens is 408 g/mol. The molecule has 0 aliphatic carbocycles. The van der Waals surface area contributed by atoms with Crippen molar-refractivity contribution in [3.63, 3.8) is 0 Å². The van der Waals surface area contributed by atoms with Crippen LogP contribution in [0.25, 0.3) is 0 Å². The summed E-state index contributed by atoms with van der Waals surface area (Å²) in [6.07, 6.45) is 3.88. The van der Waals surface area contributed by atoms with Crippen LogP contribution in [0.4, 0.5) is 0 Å². The molecular formula is C25H30N2O5. The molecule has 1 amide bonds. The fourth-order valence-corrected chi connectivity index (χ4v) is 5.68. The Balaban J connectivity index is 1.14. The van der Waals surface area contributed by atoms with Gasteiger partial charge in [0.05, 0.1) is 16.8 Å². The first-order chi connectivity index (χ1) is 15.4. The highest BCUT2D eigenvalue weighted by Gasteiger charge is 2.41. The zero-order valence-electron chi connectivity index (χ0n) is 18.8. The fourth-order valence-electron chi connectivity index (χ4n) is 5.68. The summed E-state index contributed by atoms with van der Waals surface area (Å²) in [5, 5.41) is 0. The maximum Gasteiger partial charge on any atom is 0.338 e. The third kappa shape index (κ3) is 3.62. The molecule has 4 heterocycles. The van der Waals surface area contributed by atoms with Gasteiger partial charge in [0.2, 0.25) is 5.91 Å². The molecule has 4 aliphatic heterocycles. The van der Waals surface area contributed by atoms with E-state index in [1.807, 2.05) is 6.07 Å². The van der Waals surface area contributed by atoms with E-state index in [9.17, 15) is 14.4 Å². The molecule has 1 atom stereocenters. The summed E-state index contributed by atoms with van der Waals surface area (Å²) in [6.45, 7) is 8.13.